The summed E-state index contributed by atoms with van der Waals surface area (Å²) in [6, 6.07) is 21.7. The summed E-state index contributed by atoms with van der Waals surface area (Å²) in [5.74, 6) is 0.771. The van der Waals surface area contributed by atoms with Gasteiger partial charge in [-0.1, -0.05) is 74.8 Å². The lowest BCUT2D eigenvalue weighted by Crippen LogP contribution is -2.49. The molecular formula is C39H51ClN4O5. The Morgan fingerprint density at radius 1 is 1.00 bits per heavy atom. The van der Waals surface area contributed by atoms with E-state index in [4.69, 9.17) is 25.8 Å². The molecular weight excluding hydrogens is 640 g/mol. The van der Waals surface area contributed by atoms with E-state index in [0.717, 1.165) is 51.0 Å². The van der Waals surface area contributed by atoms with E-state index in [1.807, 2.05) is 36.4 Å². The molecule has 49 heavy (non-hydrogen) atoms. The molecule has 2 aliphatic rings. The molecule has 2 aliphatic heterocycles. The van der Waals surface area contributed by atoms with Gasteiger partial charge in [0.2, 0.25) is 5.91 Å². The number of fused-ring (bicyclic) bond motifs is 1. The molecule has 1 fully saturated rings. The number of hydrogen-bond acceptors (Lipinski definition) is 7. The Hall–Kier alpha value is -3.63. The van der Waals surface area contributed by atoms with E-state index in [1.165, 1.54) is 5.56 Å². The summed E-state index contributed by atoms with van der Waals surface area (Å²) < 4.78 is 19.0. The molecule has 3 aromatic carbocycles. The Balaban J connectivity index is 1.35. The van der Waals surface area contributed by atoms with Crippen LogP contribution in [0.25, 0.3) is 0 Å². The number of piperazine rings is 1. The number of methoxy groups -OCH3 is 1. The van der Waals surface area contributed by atoms with Crippen LogP contribution in [0.15, 0.2) is 66.7 Å². The Kier molecular flexibility index (Phi) is 13.0. The number of hydrogen-bond donors (Lipinski definition) is 2. The van der Waals surface area contributed by atoms with Crippen LogP contribution in [0.5, 0.6) is 11.5 Å². The van der Waals surface area contributed by atoms with E-state index in [0.29, 0.717) is 54.0 Å². The summed E-state index contributed by atoms with van der Waals surface area (Å²) in [5.41, 5.74) is 3.27. The van der Waals surface area contributed by atoms with Crippen LogP contribution in [0.4, 0.5) is 5.69 Å². The summed E-state index contributed by atoms with van der Waals surface area (Å²) in [6.45, 7) is 11.6. The van der Waals surface area contributed by atoms with Crippen LogP contribution < -0.4 is 25.0 Å². The molecule has 2 heterocycles. The number of rotatable bonds is 14. The van der Waals surface area contributed by atoms with E-state index in [1.54, 1.807) is 23.0 Å². The minimum Gasteiger partial charge on any atom is -0.492 e. The van der Waals surface area contributed by atoms with E-state index < -0.39 is 12.2 Å². The van der Waals surface area contributed by atoms with Crippen molar-refractivity contribution in [3.63, 3.8) is 0 Å². The number of aryl methyl sites for hydroxylation is 1. The van der Waals surface area contributed by atoms with Gasteiger partial charge >= 0.3 is 0 Å². The zero-order chi connectivity index (χ0) is 34.8. The van der Waals surface area contributed by atoms with E-state index >= 15 is 0 Å². The second-order valence-corrected chi connectivity index (χ2v) is 14.4. The molecule has 0 radical (unpaired) electrons. The first-order chi connectivity index (χ1) is 23.6. The number of nitrogens with zero attached hydrogens (tertiary/aromatic N) is 2. The van der Waals surface area contributed by atoms with Gasteiger partial charge in [-0.2, -0.15) is 0 Å². The number of anilines is 1. The molecule has 3 aromatic rings. The van der Waals surface area contributed by atoms with Crippen LogP contribution in [0.3, 0.4) is 0 Å². The van der Waals surface area contributed by atoms with Gasteiger partial charge in [-0.15, -0.1) is 0 Å². The highest BCUT2D eigenvalue weighted by atomic mass is 35.5. The standard InChI is InChI=1S/C39H51ClN4O5/c1-39(2,3)27-44-32-17-16-29(40)25-31(32)36(49-34(38(44)46)26-35(45)43-22-20-42-21-23-43)30-14-8-15-33(37(30)47-4)48-24-10-19-41-18-9-13-28-11-6-5-7-12-28/h5-8,11-12,14-17,25,34,36,41-42H,9-10,13,18-24,26-27H2,1-4H3/t34-,36-/m1/s1. The maximum absolute atomic E-state index is 14.4. The van der Waals surface area contributed by atoms with Crippen molar-refractivity contribution in [2.45, 2.75) is 58.7 Å². The van der Waals surface area contributed by atoms with Crippen molar-refractivity contribution in [3.05, 3.63) is 88.4 Å². The zero-order valence-electron chi connectivity index (χ0n) is 29.3. The highest BCUT2D eigenvalue weighted by Crippen LogP contribution is 2.45. The van der Waals surface area contributed by atoms with Crippen LogP contribution in [-0.2, 0) is 20.7 Å². The Bertz CT molecular complexity index is 1540. The molecule has 2 N–H and O–H groups in total. The number of halogens is 1. The first-order valence-corrected chi connectivity index (χ1v) is 17.8. The lowest BCUT2D eigenvalue weighted by Gasteiger charge is -2.32. The number of carbonyl (C=O) groups excluding carboxylic acids is 2. The maximum Gasteiger partial charge on any atom is 0.256 e. The molecule has 0 saturated carbocycles. The predicted octanol–water partition coefficient (Wildman–Crippen LogP) is 6.03. The molecule has 0 bridgehead atoms. The van der Waals surface area contributed by atoms with Gasteiger partial charge in [-0.05, 0) is 67.6 Å². The SMILES string of the molecule is COc1c(OCCCNCCCc2ccccc2)cccc1[C@H]1O[C@H](CC(=O)N2CCNCC2)C(=O)N(CC(C)(C)C)c2ccc(Cl)cc21. The van der Waals surface area contributed by atoms with Crippen molar-refractivity contribution in [3.8, 4) is 11.5 Å². The van der Waals surface area contributed by atoms with Crippen molar-refractivity contribution >= 4 is 29.1 Å². The lowest BCUT2D eigenvalue weighted by atomic mass is 9.94. The molecule has 1 saturated heterocycles. The van der Waals surface area contributed by atoms with Gasteiger partial charge in [0.15, 0.2) is 11.5 Å². The van der Waals surface area contributed by atoms with Gasteiger partial charge < -0.3 is 34.6 Å². The van der Waals surface area contributed by atoms with Gasteiger partial charge in [0.05, 0.1) is 20.1 Å². The first kappa shape index (κ1) is 36.6. The largest absolute Gasteiger partial charge is 0.492 e. The molecule has 9 nitrogen and oxygen atoms in total. The highest BCUT2D eigenvalue weighted by molar-refractivity contribution is 6.30. The molecule has 2 amide bonds. The summed E-state index contributed by atoms with van der Waals surface area (Å²) >= 11 is 6.60. The van der Waals surface area contributed by atoms with Crippen LogP contribution in [-0.4, -0.2) is 82.3 Å². The van der Waals surface area contributed by atoms with Crippen molar-refractivity contribution < 1.29 is 23.8 Å². The molecule has 5 rings (SSSR count). The zero-order valence-corrected chi connectivity index (χ0v) is 30.1. The number of ether oxygens (including phenoxy) is 3. The van der Waals surface area contributed by atoms with Crippen molar-refractivity contribution in [1.29, 1.82) is 0 Å². The second kappa shape index (κ2) is 17.3. The van der Waals surface area contributed by atoms with E-state index in [9.17, 15) is 9.59 Å². The van der Waals surface area contributed by atoms with Crippen LogP contribution >= 0.6 is 11.6 Å². The minimum atomic E-state index is -1.01. The van der Waals surface area contributed by atoms with Crippen molar-refractivity contribution in [2.24, 2.45) is 5.41 Å². The third-order valence-electron chi connectivity index (χ3n) is 8.78. The Morgan fingerprint density at radius 3 is 2.49 bits per heavy atom. The minimum absolute atomic E-state index is 0.0610. The van der Waals surface area contributed by atoms with Gasteiger partial charge in [-0.25, -0.2) is 0 Å². The third kappa shape index (κ3) is 9.97. The molecule has 264 valence electrons. The summed E-state index contributed by atoms with van der Waals surface area (Å²) in [6.07, 6.45) is 1.14. The number of para-hydroxylation sites is 1. The Morgan fingerprint density at radius 2 is 1.76 bits per heavy atom. The molecule has 0 aliphatic carbocycles. The fourth-order valence-electron chi connectivity index (χ4n) is 6.42. The molecule has 10 heteroatoms. The number of nitrogens with one attached hydrogen (secondary N) is 2. The van der Waals surface area contributed by atoms with Gasteiger partial charge in [0.25, 0.3) is 5.91 Å². The Labute approximate surface area is 296 Å². The number of benzene rings is 3. The van der Waals surface area contributed by atoms with Gasteiger partial charge in [0.1, 0.15) is 12.2 Å². The topological polar surface area (TPSA) is 92.4 Å². The van der Waals surface area contributed by atoms with E-state index in [-0.39, 0.29) is 23.7 Å². The number of amides is 2. The van der Waals surface area contributed by atoms with E-state index in [2.05, 4.69) is 55.7 Å². The molecule has 0 aromatic heterocycles. The molecule has 2 atom stereocenters. The average Bonchev–Trinajstić information content (AvgIpc) is 3.19. The number of carbonyl (C=O) groups is 2. The van der Waals surface area contributed by atoms with Crippen LogP contribution in [0.1, 0.15) is 62.8 Å². The lowest BCUT2D eigenvalue weighted by molar-refractivity contribution is -0.143. The maximum atomic E-state index is 14.4. The summed E-state index contributed by atoms with van der Waals surface area (Å²) in [4.78, 5) is 31.5. The van der Waals surface area contributed by atoms with Crippen molar-refractivity contribution in [1.82, 2.24) is 15.5 Å². The average molecular weight is 691 g/mol. The first-order valence-electron chi connectivity index (χ1n) is 17.4. The summed E-state index contributed by atoms with van der Waals surface area (Å²) in [7, 11) is 1.61. The molecule has 0 spiro atoms. The monoisotopic (exact) mass is 690 g/mol. The van der Waals surface area contributed by atoms with Crippen LogP contribution in [0, 0.1) is 5.41 Å². The fourth-order valence-corrected chi connectivity index (χ4v) is 6.60. The molecule has 0 unspecified atom stereocenters. The van der Waals surface area contributed by atoms with Gasteiger partial charge in [-0.3, -0.25) is 9.59 Å². The summed E-state index contributed by atoms with van der Waals surface area (Å²) in [5, 5.41) is 7.31. The quantitative estimate of drug-likeness (QED) is 0.200. The highest BCUT2D eigenvalue weighted by Gasteiger charge is 2.40. The predicted molar refractivity (Wildman–Crippen MR) is 195 cm³/mol. The normalized spacial score (nSPS) is 18.2. The smallest absolute Gasteiger partial charge is 0.256 e. The second-order valence-electron chi connectivity index (χ2n) is 13.9. The van der Waals surface area contributed by atoms with Gasteiger partial charge in [0, 0.05) is 54.6 Å². The third-order valence-corrected chi connectivity index (χ3v) is 9.02. The van der Waals surface area contributed by atoms with Crippen molar-refractivity contribution in [2.75, 3.05) is 64.4 Å². The van der Waals surface area contributed by atoms with Crippen LogP contribution in [0.2, 0.25) is 5.02 Å². The fraction of sp³-hybridized carbons (Fsp3) is 0.487.